The van der Waals surface area contributed by atoms with Crippen LogP contribution >= 0.6 is 0 Å². The summed E-state index contributed by atoms with van der Waals surface area (Å²) in [7, 11) is -3.39. The number of hydrogen-bond donors (Lipinski definition) is 4. The number of nitrogens with one attached hydrogen (secondary N) is 1. The van der Waals surface area contributed by atoms with Crippen molar-refractivity contribution in [1.29, 1.82) is 0 Å². The molecule has 2 heterocycles. The van der Waals surface area contributed by atoms with Gasteiger partial charge in [-0.15, -0.1) is 0 Å². The van der Waals surface area contributed by atoms with Crippen molar-refractivity contribution in [3.05, 3.63) is 58.9 Å². The number of likely N-dealkylation sites (tertiary alicyclic amines) is 1. The molecule has 3 aliphatic carbocycles. The molecule has 1 saturated heterocycles. The third-order valence-electron chi connectivity index (χ3n) is 9.33. The van der Waals surface area contributed by atoms with Crippen LogP contribution < -0.4 is 10.1 Å². The van der Waals surface area contributed by atoms with Gasteiger partial charge in [-0.2, -0.15) is 0 Å². The fourth-order valence-corrected chi connectivity index (χ4v) is 7.99. The highest BCUT2D eigenvalue weighted by Crippen LogP contribution is 2.66. The molecule has 2 fully saturated rings. The molecule has 200 valence electrons. The molecule has 10 heteroatoms. The van der Waals surface area contributed by atoms with Crippen molar-refractivity contribution in [1.82, 2.24) is 4.90 Å². The van der Waals surface area contributed by atoms with E-state index in [4.69, 9.17) is 4.74 Å². The van der Waals surface area contributed by atoms with Gasteiger partial charge in [-0.1, -0.05) is 6.07 Å². The van der Waals surface area contributed by atoms with Gasteiger partial charge in [0.05, 0.1) is 21.5 Å². The molecular weight excluding hydrogens is 508 g/mol. The molecule has 4 atom stereocenters. The second kappa shape index (κ2) is 7.74. The van der Waals surface area contributed by atoms with E-state index in [0.29, 0.717) is 24.4 Å². The van der Waals surface area contributed by atoms with E-state index in [1.165, 1.54) is 37.1 Å². The molecule has 2 bridgehead atoms. The Kier molecular flexibility index (Phi) is 4.89. The number of aromatic hydroxyl groups is 1. The third kappa shape index (κ3) is 3.17. The summed E-state index contributed by atoms with van der Waals surface area (Å²) in [6.07, 6.45) is 3.51. The second-order valence-corrected chi connectivity index (χ2v) is 13.6. The first-order valence-corrected chi connectivity index (χ1v) is 14.9. The topological polar surface area (TPSA) is 136 Å². The van der Waals surface area contributed by atoms with Crippen LogP contribution in [0, 0.1) is 5.92 Å². The largest absolute Gasteiger partial charge is 0.508 e. The molecule has 1 spiro atoms. The molecule has 9 nitrogen and oxygen atoms in total. The molecule has 2 aromatic rings. The number of anilines is 1. The van der Waals surface area contributed by atoms with Gasteiger partial charge >= 0.3 is 0 Å². The van der Waals surface area contributed by atoms with Crippen molar-refractivity contribution in [2.24, 2.45) is 5.92 Å². The highest BCUT2D eigenvalue weighted by molar-refractivity contribution is 7.90. The molecule has 4 N–H and O–H groups in total. The summed E-state index contributed by atoms with van der Waals surface area (Å²) in [6.45, 7) is 1.62. The van der Waals surface area contributed by atoms with E-state index in [1.807, 2.05) is 6.07 Å². The fraction of sp³-hybridized carbons (Fsp3) is 0.464. The number of rotatable bonds is 5. The number of carbonyl (C=O) groups is 1. The molecule has 1 amide bonds. The van der Waals surface area contributed by atoms with Crippen LogP contribution in [0.4, 0.5) is 5.69 Å². The predicted molar refractivity (Wildman–Crippen MR) is 138 cm³/mol. The Bertz CT molecular complexity index is 1510. The summed E-state index contributed by atoms with van der Waals surface area (Å²) < 4.78 is 29.8. The zero-order valence-corrected chi connectivity index (χ0v) is 21.8. The number of piperidine rings is 1. The minimum absolute atomic E-state index is 0.0364. The standard InChI is InChI=1S/C28H30N2O7S/c1-38(35,36)18-7-5-17(6-8-18)29-26(33)19-13-28(34)21-12-16-4-9-20(31)24-22(16)27(28,25(37-24)23(19)32)10-11-30(21)14-15-2-3-15/h4-9,15,21,25,31-32,34H,2-3,10-14H2,1H3,(H,29,33)/t21-,25+,27+,28-/m1/s1. The molecule has 2 aromatic carbocycles. The SMILES string of the molecule is CS(=O)(=O)c1ccc(NC(=O)C2=C(O)[C@@H]3Oc4c(O)ccc5c4[C@@]34CCN(CC3CC3)[C@H](C5)[C@]4(O)C2)cc1. The number of amides is 1. The van der Waals surface area contributed by atoms with Gasteiger partial charge in [-0.05, 0) is 74.0 Å². The van der Waals surface area contributed by atoms with Gasteiger partial charge in [0.15, 0.2) is 27.4 Å². The van der Waals surface area contributed by atoms with Crippen molar-refractivity contribution >= 4 is 21.4 Å². The van der Waals surface area contributed by atoms with E-state index >= 15 is 0 Å². The summed E-state index contributed by atoms with van der Waals surface area (Å²) in [4.78, 5) is 16.0. The number of nitrogens with zero attached hydrogens (tertiary/aromatic N) is 1. The first-order chi connectivity index (χ1) is 18.0. The van der Waals surface area contributed by atoms with E-state index in [0.717, 1.165) is 30.5 Å². The highest BCUT2D eigenvalue weighted by Gasteiger charge is 2.73. The Hall–Kier alpha value is -3.08. The Morgan fingerprint density at radius 1 is 1.16 bits per heavy atom. The van der Waals surface area contributed by atoms with E-state index in [1.54, 1.807) is 6.07 Å². The lowest BCUT2D eigenvalue weighted by molar-refractivity contribution is -0.172. The van der Waals surface area contributed by atoms with E-state index in [-0.39, 0.29) is 40.2 Å². The Labute approximate surface area is 220 Å². The number of benzene rings is 2. The number of carbonyl (C=O) groups excluding carboxylic acids is 1. The molecular formula is C28H30N2O7S. The van der Waals surface area contributed by atoms with Crippen molar-refractivity contribution in [3.8, 4) is 11.5 Å². The summed E-state index contributed by atoms with van der Waals surface area (Å²) in [6, 6.07) is 9.01. The van der Waals surface area contributed by atoms with Crippen LogP contribution in [0.3, 0.4) is 0 Å². The summed E-state index contributed by atoms with van der Waals surface area (Å²) in [5, 5.41) is 37.5. The maximum absolute atomic E-state index is 13.5. The molecule has 38 heavy (non-hydrogen) atoms. The molecule has 0 aromatic heterocycles. The highest BCUT2D eigenvalue weighted by atomic mass is 32.2. The Morgan fingerprint density at radius 2 is 1.89 bits per heavy atom. The minimum atomic E-state index is -3.39. The number of ether oxygens (including phenoxy) is 1. The van der Waals surface area contributed by atoms with E-state index in [2.05, 4.69) is 10.2 Å². The first kappa shape index (κ1) is 24.0. The number of aliphatic hydroxyl groups excluding tert-OH is 1. The van der Waals surface area contributed by atoms with Gasteiger partial charge in [0.1, 0.15) is 5.76 Å². The van der Waals surface area contributed by atoms with Gasteiger partial charge in [0, 0.05) is 36.5 Å². The normalized spacial score (nSPS) is 31.5. The average molecular weight is 539 g/mol. The number of phenols is 1. The van der Waals surface area contributed by atoms with Crippen LogP contribution in [0.25, 0.3) is 0 Å². The van der Waals surface area contributed by atoms with E-state index in [9.17, 15) is 28.5 Å². The Morgan fingerprint density at radius 3 is 2.58 bits per heavy atom. The van der Waals surface area contributed by atoms with Crippen LogP contribution in [-0.2, 0) is 26.5 Å². The number of phenolic OH excluding ortho intramolecular Hbond substituents is 1. The summed E-state index contributed by atoms with van der Waals surface area (Å²) in [5.41, 5.74) is -0.198. The fourth-order valence-electron chi connectivity index (χ4n) is 7.36. The quantitative estimate of drug-likeness (QED) is 0.456. The number of sulfone groups is 1. The smallest absolute Gasteiger partial charge is 0.255 e. The van der Waals surface area contributed by atoms with Gasteiger partial charge in [0.2, 0.25) is 0 Å². The molecule has 7 rings (SSSR count). The van der Waals surface area contributed by atoms with Crippen LogP contribution in [-0.4, -0.2) is 71.6 Å². The van der Waals surface area contributed by atoms with Crippen LogP contribution in [0.15, 0.2) is 52.6 Å². The van der Waals surface area contributed by atoms with Gasteiger partial charge in [-0.25, -0.2) is 8.42 Å². The lowest BCUT2D eigenvalue weighted by atomic mass is 9.49. The third-order valence-corrected chi connectivity index (χ3v) is 10.5. The van der Waals surface area contributed by atoms with Gasteiger partial charge < -0.3 is 25.4 Å². The van der Waals surface area contributed by atoms with Crippen LogP contribution in [0.1, 0.15) is 36.8 Å². The molecule has 5 aliphatic rings. The van der Waals surface area contributed by atoms with Crippen molar-refractivity contribution in [2.45, 2.75) is 60.2 Å². The zero-order valence-electron chi connectivity index (χ0n) is 21.0. The average Bonchev–Trinajstić information content (AvgIpc) is 3.60. The van der Waals surface area contributed by atoms with E-state index < -0.39 is 32.9 Å². The monoisotopic (exact) mass is 538 g/mol. The van der Waals surface area contributed by atoms with Crippen molar-refractivity contribution in [3.63, 3.8) is 0 Å². The maximum Gasteiger partial charge on any atom is 0.255 e. The van der Waals surface area contributed by atoms with Crippen LogP contribution in [0.2, 0.25) is 0 Å². The summed E-state index contributed by atoms with van der Waals surface area (Å²) >= 11 is 0. The maximum atomic E-state index is 13.5. The number of hydrogen-bond acceptors (Lipinski definition) is 8. The number of aliphatic hydroxyl groups is 2. The lowest BCUT2D eigenvalue weighted by Gasteiger charge is -2.62. The minimum Gasteiger partial charge on any atom is -0.508 e. The second-order valence-electron chi connectivity index (χ2n) is 11.5. The van der Waals surface area contributed by atoms with Crippen molar-refractivity contribution < 1.29 is 33.3 Å². The first-order valence-electron chi connectivity index (χ1n) is 13.0. The predicted octanol–water partition coefficient (Wildman–Crippen LogP) is 2.42. The zero-order chi connectivity index (χ0) is 26.6. The van der Waals surface area contributed by atoms with Crippen molar-refractivity contribution in [2.75, 3.05) is 24.7 Å². The molecule has 2 aliphatic heterocycles. The molecule has 0 unspecified atom stereocenters. The molecule has 0 radical (unpaired) electrons. The van der Waals surface area contributed by atoms with Crippen LogP contribution in [0.5, 0.6) is 11.5 Å². The molecule has 1 saturated carbocycles. The lowest BCUT2D eigenvalue weighted by Crippen LogP contribution is -2.75. The van der Waals surface area contributed by atoms with Gasteiger partial charge in [-0.3, -0.25) is 9.69 Å². The summed E-state index contributed by atoms with van der Waals surface area (Å²) in [5.74, 6) is 0.0328. The Balaban J connectivity index is 1.30. The van der Waals surface area contributed by atoms with Gasteiger partial charge in [0.25, 0.3) is 5.91 Å².